The van der Waals surface area contributed by atoms with Crippen LogP contribution in [0.1, 0.15) is 36.1 Å². The molecular formula is C30H36N2O3Si. The molecule has 0 saturated heterocycles. The van der Waals surface area contributed by atoms with Crippen molar-refractivity contribution in [1.82, 2.24) is 9.88 Å². The summed E-state index contributed by atoms with van der Waals surface area (Å²) >= 11 is 0. The number of hydrogen-bond donors (Lipinski definition) is 3. The molecule has 4 rings (SSSR count). The predicted octanol–water partition coefficient (Wildman–Crippen LogP) is 5.36. The lowest BCUT2D eigenvalue weighted by Crippen LogP contribution is -2.38. The van der Waals surface area contributed by atoms with Crippen molar-refractivity contribution in [3.63, 3.8) is 0 Å². The lowest BCUT2D eigenvalue weighted by molar-refractivity contribution is -0.131. The minimum Gasteiger partial charge on any atom is -0.410 e. The van der Waals surface area contributed by atoms with Gasteiger partial charge in [0.25, 0.3) is 0 Å². The van der Waals surface area contributed by atoms with Crippen LogP contribution >= 0.6 is 0 Å². The number of carbonyl (C=O) groups excluding carboxylic acids is 1. The van der Waals surface area contributed by atoms with Crippen molar-refractivity contribution in [2.75, 3.05) is 6.54 Å². The Hall–Kier alpha value is -3.19. The number of aryl methyl sites for hydroxylation is 1. The van der Waals surface area contributed by atoms with Gasteiger partial charge in [0, 0.05) is 30.2 Å². The average molecular weight is 501 g/mol. The van der Waals surface area contributed by atoms with E-state index in [4.69, 9.17) is 0 Å². The van der Waals surface area contributed by atoms with E-state index in [0.29, 0.717) is 32.0 Å². The van der Waals surface area contributed by atoms with Gasteiger partial charge in [-0.1, -0.05) is 86.6 Å². The molecule has 188 valence electrons. The summed E-state index contributed by atoms with van der Waals surface area (Å²) in [5.41, 5.74) is 5.39. The maximum absolute atomic E-state index is 13.4. The van der Waals surface area contributed by atoms with E-state index < -0.39 is 8.56 Å². The summed E-state index contributed by atoms with van der Waals surface area (Å²) in [5, 5.41) is 1.20. The van der Waals surface area contributed by atoms with Crippen LogP contribution in [-0.2, 0) is 30.6 Å². The number of rotatable bonds is 11. The predicted molar refractivity (Wildman–Crippen MR) is 148 cm³/mol. The molecule has 0 fully saturated rings. The first-order valence-corrected chi connectivity index (χ1v) is 14.9. The third-order valence-electron chi connectivity index (χ3n) is 6.98. The normalized spacial score (nSPS) is 11.8. The Labute approximate surface area is 214 Å². The third kappa shape index (κ3) is 6.72. The zero-order chi connectivity index (χ0) is 25.5. The standard InChI is InChI=1S/C30H36N2O3Si/c1-23(2)36(34,35)19-17-24-12-14-25(15-13-24)20-30(33)32(22-26-8-4-3-5-9-26)18-16-27-21-31-29-11-7-6-10-28(27)29/h3-15,21,23,31,34-35H,16-20,22H2,1-2H3. The van der Waals surface area contributed by atoms with Crippen LogP contribution in [0.2, 0.25) is 11.6 Å². The van der Waals surface area contributed by atoms with Gasteiger partial charge in [-0.15, -0.1) is 0 Å². The summed E-state index contributed by atoms with van der Waals surface area (Å²) in [6.45, 7) is 4.94. The Kier molecular flexibility index (Phi) is 8.41. The van der Waals surface area contributed by atoms with Crippen LogP contribution in [0, 0.1) is 0 Å². The Balaban J connectivity index is 1.42. The van der Waals surface area contributed by atoms with E-state index in [9.17, 15) is 14.4 Å². The van der Waals surface area contributed by atoms with Crippen molar-refractivity contribution >= 4 is 25.4 Å². The van der Waals surface area contributed by atoms with E-state index in [-0.39, 0.29) is 11.4 Å². The zero-order valence-electron chi connectivity index (χ0n) is 21.2. The minimum atomic E-state index is -3.17. The number of nitrogens with zero attached hydrogens (tertiary/aromatic N) is 1. The molecule has 36 heavy (non-hydrogen) atoms. The van der Waals surface area contributed by atoms with Crippen molar-refractivity contribution in [1.29, 1.82) is 0 Å². The van der Waals surface area contributed by atoms with E-state index in [1.807, 2.05) is 79.5 Å². The molecule has 0 saturated carbocycles. The molecule has 1 heterocycles. The van der Waals surface area contributed by atoms with Gasteiger partial charge in [-0.05, 0) is 52.7 Å². The van der Waals surface area contributed by atoms with Crippen molar-refractivity contribution in [2.45, 2.75) is 51.2 Å². The summed E-state index contributed by atoms with van der Waals surface area (Å²) in [4.78, 5) is 39.2. The molecule has 0 bridgehead atoms. The highest BCUT2D eigenvalue weighted by molar-refractivity contribution is 6.66. The van der Waals surface area contributed by atoms with Gasteiger partial charge in [-0.3, -0.25) is 4.79 Å². The lowest BCUT2D eigenvalue weighted by atomic mass is 10.1. The van der Waals surface area contributed by atoms with Crippen LogP contribution in [-0.4, -0.2) is 40.5 Å². The van der Waals surface area contributed by atoms with Gasteiger partial charge in [-0.2, -0.15) is 0 Å². The molecule has 4 aromatic rings. The molecule has 0 aliphatic carbocycles. The number of H-pyrrole nitrogens is 1. The Bertz CT molecular complexity index is 1270. The van der Waals surface area contributed by atoms with Gasteiger partial charge >= 0.3 is 8.56 Å². The van der Waals surface area contributed by atoms with Crippen molar-refractivity contribution in [2.24, 2.45) is 0 Å². The molecule has 3 N–H and O–H groups in total. The first-order chi connectivity index (χ1) is 17.3. The van der Waals surface area contributed by atoms with Crippen molar-refractivity contribution < 1.29 is 14.4 Å². The molecule has 3 aromatic carbocycles. The number of hydrogen-bond acceptors (Lipinski definition) is 3. The SMILES string of the molecule is CC(C)[Si](O)(O)CCc1ccc(CC(=O)N(CCc2c[nH]c3ccccc23)Cc2ccccc2)cc1. The molecule has 1 aromatic heterocycles. The number of aromatic amines is 1. The van der Waals surface area contributed by atoms with Crippen LogP contribution in [0.3, 0.4) is 0 Å². The lowest BCUT2D eigenvalue weighted by Gasteiger charge is -2.23. The van der Waals surface area contributed by atoms with Crippen LogP contribution in [0.4, 0.5) is 0 Å². The number of carbonyl (C=O) groups is 1. The number of aromatic nitrogens is 1. The number of para-hydroxylation sites is 1. The molecule has 5 nitrogen and oxygen atoms in total. The molecular weight excluding hydrogens is 464 g/mol. The van der Waals surface area contributed by atoms with Crippen LogP contribution in [0.15, 0.2) is 85.1 Å². The van der Waals surface area contributed by atoms with Crippen LogP contribution in [0.5, 0.6) is 0 Å². The fraction of sp³-hybridized carbons (Fsp3) is 0.300. The molecule has 6 heteroatoms. The fourth-order valence-electron chi connectivity index (χ4n) is 4.42. The molecule has 0 aliphatic rings. The van der Waals surface area contributed by atoms with E-state index in [2.05, 4.69) is 29.2 Å². The number of nitrogens with one attached hydrogen (secondary N) is 1. The van der Waals surface area contributed by atoms with E-state index in [1.54, 1.807) is 0 Å². The quantitative estimate of drug-likeness (QED) is 0.243. The van der Waals surface area contributed by atoms with Crippen LogP contribution < -0.4 is 0 Å². The van der Waals surface area contributed by atoms with Gasteiger partial charge in [-0.25, -0.2) is 0 Å². The maximum atomic E-state index is 13.4. The highest BCUT2D eigenvalue weighted by Gasteiger charge is 2.32. The smallest absolute Gasteiger partial charge is 0.335 e. The zero-order valence-corrected chi connectivity index (χ0v) is 22.2. The second-order valence-corrected chi connectivity index (χ2v) is 13.3. The first-order valence-electron chi connectivity index (χ1n) is 12.7. The minimum absolute atomic E-state index is 0.0887. The fourth-order valence-corrected chi connectivity index (χ4v) is 5.65. The maximum Gasteiger partial charge on any atom is 0.335 e. The van der Waals surface area contributed by atoms with Gasteiger partial charge in [0.2, 0.25) is 5.91 Å². The number of fused-ring (bicyclic) bond motifs is 1. The average Bonchev–Trinajstić information content (AvgIpc) is 3.29. The summed E-state index contributed by atoms with van der Waals surface area (Å²) in [6, 6.07) is 26.8. The van der Waals surface area contributed by atoms with Crippen molar-refractivity contribution in [3.05, 3.63) is 107 Å². The molecule has 1 amide bonds. The van der Waals surface area contributed by atoms with E-state index >= 15 is 0 Å². The van der Waals surface area contributed by atoms with Gasteiger partial charge < -0.3 is 19.5 Å². The van der Waals surface area contributed by atoms with Crippen molar-refractivity contribution in [3.8, 4) is 0 Å². The Morgan fingerprint density at radius 2 is 1.53 bits per heavy atom. The third-order valence-corrected chi connectivity index (χ3v) is 9.81. The van der Waals surface area contributed by atoms with Gasteiger partial charge in [0.1, 0.15) is 0 Å². The number of benzene rings is 3. The van der Waals surface area contributed by atoms with Gasteiger partial charge in [0.15, 0.2) is 0 Å². The van der Waals surface area contributed by atoms with Gasteiger partial charge in [0.05, 0.1) is 6.42 Å². The largest absolute Gasteiger partial charge is 0.410 e. The Morgan fingerprint density at radius 1 is 0.861 bits per heavy atom. The summed E-state index contributed by atoms with van der Waals surface area (Å²) in [7, 11) is -3.17. The highest BCUT2D eigenvalue weighted by atomic mass is 28.4. The summed E-state index contributed by atoms with van der Waals surface area (Å²) in [5.74, 6) is 0.100. The molecule has 0 spiro atoms. The molecule has 0 atom stereocenters. The van der Waals surface area contributed by atoms with Crippen LogP contribution in [0.25, 0.3) is 10.9 Å². The molecule has 0 radical (unpaired) electrons. The summed E-state index contributed by atoms with van der Waals surface area (Å²) < 4.78 is 0. The molecule has 0 unspecified atom stereocenters. The molecule has 0 aliphatic heterocycles. The second-order valence-electron chi connectivity index (χ2n) is 9.94. The van der Waals surface area contributed by atoms with E-state index in [0.717, 1.165) is 28.6 Å². The number of amides is 1. The topological polar surface area (TPSA) is 76.6 Å². The Morgan fingerprint density at radius 3 is 2.25 bits per heavy atom. The first kappa shape index (κ1) is 25.9. The van der Waals surface area contributed by atoms with E-state index in [1.165, 1.54) is 10.9 Å². The summed E-state index contributed by atoms with van der Waals surface area (Å²) in [6.07, 6.45) is 3.80. The second kappa shape index (κ2) is 11.7. The monoisotopic (exact) mass is 500 g/mol. The highest BCUT2D eigenvalue weighted by Crippen LogP contribution is 2.22.